The molecule has 96 valence electrons. The fraction of sp³-hybridized carbons (Fsp3) is 0.571. The minimum atomic E-state index is -0.524. The van der Waals surface area contributed by atoms with Crippen molar-refractivity contribution in [2.45, 2.75) is 32.8 Å². The minimum Gasteiger partial charge on any atom is -0.496 e. The summed E-state index contributed by atoms with van der Waals surface area (Å²) in [5.41, 5.74) is 2.08. The van der Waals surface area contributed by atoms with E-state index in [1.54, 1.807) is 7.11 Å². The van der Waals surface area contributed by atoms with Gasteiger partial charge < -0.3 is 15.2 Å². The number of likely N-dealkylation sites (N-methyl/N-ethyl adjacent to an activating group) is 1. The summed E-state index contributed by atoms with van der Waals surface area (Å²) in [4.78, 5) is 0. The second-order valence-corrected chi connectivity index (χ2v) is 4.48. The molecule has 0 amide bonds. The predicted molar refractivity (Wildman–Crippen MR) is 70.6 cm³/mol. The number of ether oxygens (including phenoxy) is 1. The van der Waals surface area contributed by atoms with Crippen molar-refractivity contribution < 1.29 is 9.84 Å². The van der Waals surface area contributed by atoms with Crippen LogP contribution in [0, 0.1) is 0 Å². The van der Waals surface area contributed by atoms with E-state index in [2.05, 4.69) is 19.2 Å². The Kier molecular flexibility index (Phi) is 5.45. The molecule has 1 unspecified atom stereocenters. The van der Waals surface area contributed by atoms with Crippen molar-refractivity contribution in [3.05, 3.63) is 29.3 Å². The van der Waals surface area contributed by atoms with Gasteiger partial charge in [-0.3, -0.25) is 0 Å². The van der Waals surface area contributed by atoms with Gasteiger partial charge in [0.15, 0.2) is 0 Å². The Bertz CT molecular complexity index is 350. The maximum absolute atomic E-state index is 10.1. The van der Waals surface area contributed by atoms with E-state index in [9.17, 15) is 5.11 Å². The van der Waals surface area contributed by atoms with Crippen LogP contribution in [0.1, 0.15) is 43.9 Å². The summed E-state index contributed by atoms with van der Waals surface area (Å²) < 4.78 is 5.29. The zero-order valence-electron chi connectivity index (χ0n) is 11.2. The van der Waals surface area contributed by atoms with Gasteiger partial charge >= 0.3 is 0 Å². The number of benzene rings is 1. The Morgan fingerprint density at radius 1 is 1.35 bits per heavy atom. The fourth-order valence-electron chi connectivity index (χ4n) is 1.76. The molecule has 0 saturated heterocycles. The minimum absolute atomic E-state index is 0.450. The second kappa shape index (κ2) is 6.62. The molecule has 1 atom stereocenters. The van der Waals surface area contributed by atoms with E-state index < -0.39 is 6.10 Å². The van der Waals surface area contributed by atoms with Crippen molar-refractivity contribution in [3.8, 4) is 5.75 Å². The first-order valence-electron chi connectivity index (χ1n) is 6.16. The lowest BCUT2D eigenvalue weighted by Gasteiger charge is -2.17. The first-order chi connectivity index (χ1) is 8.10. The number of hydrogen-bond acceptors (Lipinski definition) is 3. The third-order valence-electron chi connectivity index (χ3n) is 2.87. The number of aliphatic hydroxyl groups is 1. The lowest BCUT2D eigenvalue weighted by Crippen LogP contribution is -2.21. The molecule has 0 aliphatic carbocycles. The Balaban J connectivity index is 2.96. The highest BCUT2D eigenvalue weighted by Crippen LogP contribution is 2.28. The first kappa shape index (κ1) is 14.0. The summed E-state index contributed by atoms with van der Waals surface area (Å²) in [5.74, 6) is 1.20. The van der Waals surface area contributed by atoms with Crippen LogP contribution in [-0.4, -0.2) is 25.3 Å². The van der Waals surface area contributed by atoms with Crippen LogP contribution in [0.3, 0.4) is 0 Å². The van der Waals surface area contributed by atoms with Crippen molar-refractivity contribution in [1.29, 1.82) is 0 Å². The van der Waals surface area contributed by atoms with Crippen LogP contribution in [0.4, 0.5) is 0 Å². The quantitative estimate of drug-likeness (QED) is 0.798. The van der Waals surface area contributed by atoms with Gasteiger partial charge in [-0.05, 0) is 30.2 Å². The normalized spacial score (nSPS) is 12.8. The summed E-state index contributed by atoms with van der Waals surface area (Å²) in [6.07, 6.45) is -0.524. The number of aliphatic hydroxyl groups excluding tert-OH is 1. The first-order valence-corrected chi connectivity index (χ1v) is 6.16. The molecule has 0 fully saturated rings. The van der Waals surface area contributed by atoms with Gasteiger partial charge in [-0.15, -0.1) is 0 Å². The monoisotopic (exact) mass is 237 g/mol. The third kappa shape index (κ3) is 3.72. The molecule has 0 aliphatic heterocycles. The molecule has 1 aromatic rings. The molecular formula is C14H23NO2. The van der Waals surface area contributed by atoms with Crippen LogP contribution in [0.25, 0.3) is 0 Å². The predicted octanol–water partition coefficient (Wildman–Crippen LogP) is 2.46. The molecule has 0 bridgehead atoms. The molecule has 0 radical (unpaired) electrons. The van der Waals surface area contributed by atoms with E-state index in [4.69, 9.17) is 4.74 Å². The highest BCUT2D eigenvalue weighted by Gasteiger charge is 2.14. The SMILES string of the molecule is CCNCC(O)c1cc(C(C)C)ccc1OC. The summed E-state index contributed by atoms with van der Waals surface area (Å²) in [6, 6.07) is 6.01. The smallest absolute Gasteiger partial charge is 0.124 e. The van der Waals surface area contributed by atoms with Crippen LogP contribution in [0.5, 0.6) is 5.75 Å². The standard InChI is InChI=1S/C14H23NO2/c1-5-15-9-13(16)12-8-11(10(2)3)6-7-14(12)17-4/h6-8,10,13,15-16H,5,9H2,1-4H3. The zero-order chi connectivity index (χ0) is 12.8. The summed E-state index contributed by atoms with van der Waals surface area (Å²) >= 11 is 0. The Morgan fingerprint density at radius 2 is 2.06 bits per heavy atom. The van der Waals surface area contributed by atoms with E-state index in [-0.39, 0.29) is 0 Å². The highest BCUT2D eigenvalue weighted by atomic mass is 16.5. The molecule has 17 heavy (non-hydrogen) atoms. The molecule has 0 heterocycles. The summed E-state index contributed by atoms with van der Waals surface area (Å²) in [5, 5.41) is 13.3. The molecule has 0 aromatic heterocycles. The van der Waals surface area contributed by atoms with Gasteiger partial charge in [-0.2, -0.15) is 0 Å². The van der Waals surface area contributed by atoms with Crippen LogP contribution in [0.2, 0.25) is 0 Å². The van der Waals surface area contributed by atoms with Crippen molar-refractivity contribution in [3.63, 3.8) is 0 Å². The van der Waals surface area contributed by atoms with E-state index in [0.717, 1.165) is 17.9 Å². The van der Waals surface area contributed by atoms with E-state index in [1.807, 2.05) is 25.1 Å². The molecule has 0 saturated carbocycles. The van der Waals surface area contributed by atoms with Gasteiger partial charge in [0.05, 0.1) is 13.2 Å². The second-order valence-electron chi connectivity index (χ2n) is 4.48. The molecule has 3 nitrogen and oxygen atoms in total. The van der Waals surface area contributed by atoms with Crippen molar-refractivity contribution in [1.82, 2.24) is 5.32 Å². The molecule has 1 rings (SSSR count). The van der Waals surface area contributed by atoms with E-state index in [1.165, 1.54) is 5.56 Å². The van der Waals surface area contributed by atoms with Crippen LogP contribution < -0.4 is 10.1 Å². The van der Waals surface area contributed by atoms with Crippen molar-refractivity contribution in [2.75, 3.05) is 20.2 Å². The van der Waals surface area contributed by atoms with Gasteiger partial charge in [0.2, 0.25) is 0 Å². The largest absolute Gasteiger partial charge is 0.496 e. The van der Waals surface area contributed by atoms with Gasteiger partial charge in [-0.1, -0.05) is 26.8 Å². The molecule has 0 spiro atoms. The average Bonchev–Trinajstić information content (AvgIpc) is 2.34. The van der Waals surface area contributed by atoms with E-state index >= 15 is 0 Å². The van der Waals surface area contributed by atoms with E-state index in [0.29, 0.717) is 12.5 Å². The molecule has 3 heteroatoms. The topological polar surface area (TPSA) is 41.5 Å². The van der Waals surface area contributed by atoms with Gasteiger partial charge in [0, 0.05) is 12.1 Å². The Morgan fingerprint density at radius 3 is 2.59 bits per heavy atom. The number of nitrogens with one attached hydrogen (secondary N) is 1. The molecular weight excluding hydrogens is 214 g/mol. The lowest BCUT2D eigenvalue weighted by atomic mass is 9.98. The fourth-order valence-corrected chi connectivity index (χ4v) is 1.76. The van der Waals surface area contributed by atoms with Gasteiger partial charge in [0.25, 0.3) is 0 Å². The Labute approximate surface area is 104 Å². The lowest BCUT2D eigenvalue weighted by molar-refractivity contribution is 0.171. The number of hydrogen-bond donors (Lipinski definition) is 2. The van der Waals surface area contributed by atoms with Crippen molar-refractivity contribution in [2.24, 2.45) is 0 Å². The van der Waals surface area contributed by atoms with Crippen LogP contribution in [0.15, 0.2) is 18.2 Å². The average molecular weight is 237 g/mol. The summed E-state index contributed by atoms with van der Waals surface area (Å²) in [6.45, 7) is 7.71. The maximum atomic E-state index is 10.1. The van der Waals surface area contributed by atoms with Crippen LogP contribution >= 0.6 is 0 Å². The van der Waals surface area contributed by atoms with Crippen molar-refractivity contribution >= 4 is 0 Å². The third-order valence-corrected chi connectivity index (χ3v) is 2.87. The Hall–Kier alpha value is -1.06. The van der Waals surface area contributed by atoms with Gasteiger partial charge in [0.1, 0.15) is 5.75 Å². The summed E-state index contributed by atoms with van der Waals surface area (Å²) in [7, 11) is 1.63. The highest BCUT2D eigenvalue weighted by molar-refractivity contribution is 5.40. The zero-order valence-corrected chi connectivity index (χ0v) is 11.2. The molecule has 2 N–H and O–H groups in total. The molecule has 0 aliphatic rings. The van der Waals surface area contributed by atoms with Crippen LogP contribution in [-0.2, 0) is 0 Å². The maximum Gasteiger partial charge on any atom is 0.124 e. The number of methoxy groups -OCH3 is 1. The molecule has 1 aromatic carbocycles. The number of rotatable bonds is 6. The van der Waals surface area contributed by atoms with Gasteiger partial charge in [-0.25, -0.2) is 0 Å².